The Morgan fingerprint density at radius 3 is 3.00 bits per heavy atom. The van der Waals surface area contributed by atoms with E-state index >= 15 is 0 Å². The van der Waals surface area contributed by atoms with Gasteiger partial charge in [0.25, 0.3) is 6.47 Å². The molecule has 3 heteroatoms. The zero-order chi connectivity index (χ0) is 9.36. The van der Waals surface area contributed by atoms with Crippen LogP contribution in [0.2, 0.25) is 0 Å². The molecule has 72 valence electrons. The molecule has 1 aromatic rings. The van der Waals surface area contributed by atoms with Crippen LogP contribution in [-0.4, -0.2) is 13.1 Å². The number of carbonyl (C=O) groups excluding carboxylic acids is 1. The molecule has 0 amide bonds. The molecule has 0 aliphatic carbocycles. The summed E-state index contributed by atoms with van der Waals surface area (Å²) in [5.74, 6) is 0. The normalized spacial score (nSPS) is 9.85. The smallest absolute Gasteiger partial charge is 0.293 e. The summed E-state index contributed by atoms with van der Waals surface area (Å²) in [6, 6.07) is 2.16. The van der Waals surface area contributed by atoms with Gasteiger partial charge in [0.2, 0.25) is 0 Å². The molecule has 0 aliphatic heterocycles. The van der Waals surface area contributed by atoms with Gasteiger partial charge in [0.15, 0.2) is 0 Å². The van der Waals surface area contributed by atoms with Crippen molar-refractivity contribution in [2.45, 2.75) is 25.7 Å². The Kier molecular flexibility index (Phi) is 5.25. The lowest BCUT2D eigenvalue weighted by atomic mass is 10.1. The SMILES string of the molecule is O=COCCCCCc1ccsc1. The lowest BCUT2D eigenvalue weighted by Crippen LogP contribution is -1.92. The van der Waals surface area contributed by atoms with Crippen molar-refractivity contribution in [3.63, 3.8) is 0 Å². The van der Waals surface area contributed by atoms with Crippen LogP contribution in [0.5, 0.6) is 0 Å². The second-order valence-electron chi connectivity index (χ2n) is 2.91. The Balaban J connectivity index is 1.93. The quantitative estimate of drug-likeness (QED) is 0.497. The molecule has 1 aromatic heterocycles. The van der Waals surface area contributed by atoms with Crippen LogP contribution in [0.3, 0.4) is 0 Å². The minimum absolute atomic E-state index is 0.513. The highest BCUT2D eigenvalue weighted by molar-refractivity contribution is 7.07. The maximum absolute atomic E-state index is 9.80. The minimum Gasteiger partial charge on any atom is -0.468 e. The van der Waals surface area contributed by atoms with Crippen LogP contribution in [0, 0.1) is 0 Å². The Labute approximate surface area is 82.5 Å². The van der Waals surface area contributed by atoms with Crippen molar-refractivity contribution in [3.8, 4) is 0 Å². The number of unbranched alkanes of at least 4 members (excludes halogenated alkanes) is 2. The summed E-state index contributed by atoms with van der Waals surface area (Å²) >= 11 is 1.74. The molecule has 0 aromatic carbocycles. The highest BCUT2D eigenvalue weighted by atomic mass is 32.1. The van der Waals surface area contributed by atoms with E-state index in [1.807, 2.05) is 0 Å². The van der Waals surface area contributed by atoms with Gasteiger partial charge in [-0.25, -0.2) is 0 Å². The van der Waals surface area contributed by atoms with Crippen molar-refractivity contribution in [2.75, 3.05) is 6.61 Å². The predicted molar refractivity (Wildman–Crippen MR) is 53.9 cm³/mol. The Morgan fingerprint density at radius 2 is 2.31 bits per heavy atom. The first kappa shape index (κ1) is 10.3. The minimum atomic E-state index is 0.513. The number of carbonyl (C=O) groups is 1. The first-order chi connectivity index (χ1) is 6.43. The molecule has 0 fully saturated rings. The van der Waals surface area contributed by atoms with E-state index < -0.39 is 0 Å². The third-order valence-electron chi connectivity index (χ3n) is 1.88. The van der Waals surface area contributed by atoms with E-state index in [0.717, 1.165) is 19.3 Å². The van der Waals surface area contributed by atoms with Crippen LogP contribution in [-0.2, 0) is 16.0 Å². The standard InChI is InChI=1S/C10H14O2S/c11-9-12-6-3-1-2-4-10-5-7-13-8-10/h5,7-9H,1-4,6H2. The summed E-state index contributed by atoms with van der Waals surface area (Å²) in [7, 11) is 0. The van der Waals surface area contributed by atoms with E-state index in [4.69, 9.17) is 0 Å². The number of ether oxygens (including phenoxy) is 1. The number of rotatable bonds is 7. The maximum atomic E-state index is 9.80. The van der Waals surface area contributed by atoms with Gasteiger partial charge in [0.05, 0.1) is 6.61 Å². The molecule has 0 saturated carbocycles. The molecule has 0 N–H and O–H groups in total. The molecule has 0 spiro atoms. The lowest BCUT2D eigenvalue weighted by molar-refractivity contribution is -0.128. The van der Waals surface area contributed by atoms with Crippen LogP contribution in [0.1, 0.15) is 24.8 Å². The topological polar surface area (TPSA) is 26.3 Å². The van der Waals surface area contributed by atoms with Gasteiger partial charge in [0.1, 0.15) is 0 Å². The van der Waals surface area contributed by atoms with Crippen LogP contribution in [0.25, 0.3) is 0 Å². The predicted octanol–water partition coefficient (Wildman–Crippen LogP) is 2.63. The number of hydrogen-bond acceptors (Lipinski definition) is 3. The van der Waals surface area contributed by atoms with Crippen molar-refractivity contribution in [1.82, 2.24) is 0 Å². The fourth-order valence-electron chi connectivity index (χ4n) is 1.17. The van der Waals surface area contributed by atoms with E-state index in [2.05, 4.69) is 21.6 Å². The van der Waals surface area contributed by atoms with E-state index in [-0.39, 0.29) is 0 Å². The van der Waals surface area contributed by atoms with Gasteiger partial charge in [-0.2, -0.15) is 11.3 Å². The van der Waals surface area contributed by atoms with Gasteiger partial charge in [-0.3, -0.25) is 4.79 Å². The molecule has 0 radical (unpaired) electrons. The molecule has 0 aliphatic rings. The summed E-state index contributed by atoms with van der Waals surface area (Å²) in [5.41, 5.74) is 1.42. The summed E-state index contributed by atoms with van der Waals surface area (Å²) in [4.78, 5) is 9.80. The van der Waals surface area contributed by atoms with E-state index in [9.17, 15) is 4.79 Å². The van der Waals surface area contributed by atoms with E-state index in [1.165, 1.54) is 12.0 Å². The monoisotopic (exact) mass is 198 g/mol. The first-order valence-electron chi connectivity index (χ1n) is 4.50. The first-order valence-corrected chi connectivity index (χ1v) is 5.44. The van der Waals surface area contributed by atoms with E-state index in [0.29, 0.717) is 13.1 Å². The zero-order valence-electron chi connectivity index (χ0n) is 7.57. The van der Waals surface area contributed by atoms with Crippen LogP contribution in [0.15, 0.2) is 16.8 Å². The number of hydrogen-bond donors (Lipinski definition) is 0. The molecular weight excluding hydrogens is 184 g/mol. The Morgan fingerprint density at radius 1 is 1.38 bits per heavy atom. The highest BCUT2D eigenvalue weighted by Gasteiger charge is 1.93. The Hall–Kier alpha value is -0.830. The molecule has 2 nitrogen and oxygen atoms in total. The van der Waals surface area contributed by atoms with Crippen molar-refractivity contribution in [2.24, 2.45) is 0 Å². The zero-order valence-corrected chi connectivity index (χ0v) is 8.39. The van der Waals surface area contributed by atoms with Crippen molar-refractivity contribution >= 4 is 17.8 Å². The van der Waals surface area contributed by atoms with Gasteiger partial charge in [-0.1, -0.05) is 0 Å². The maximum Gasteiger partial charge on any atom is 0.293 e. The molecule has 1 rings (SSSR count). The van der Waals surface area contributed by atoms with E-state index in [1.54, 1.807) is 11.3 Å². The fourth-order valence-corrected chi connectivity index (χ4v) is 1.88. The third-order valence-corrected chi connectivity index (χ3v) is 2.61. The van der Waals surface area contributed by atoms with Crippen molar-refractivity contribution < 1.29 is 9.53 Å². The highest BCUT2D eigenvalue weighted by Crippen LogP contribution is 2.10. The van der Waals surface area contributed by atoms with Crippen LogP contribution >= 0.6 is 11.3 Å². The molecule has 1 heterocycles. The summed E-state index contributed by atoms with van der Waals surface area (Å²) in [6.45, 7) is 1.08. The van der Waals surface area contributed by atoms with Crippen molar-refractivity contribution in [3.05, 3.63) is 22.4 Å². The van der Waals surface area contributed by atoms with Crippen LogP contribution < -0.4 is 0 Å². The second-order valence-corrected chi connectivity index (χ2v) is 3.69. The number of aryl methyl sites for hydroxylation is 1. The lowest BCUT2D eigenvalue weighted by Gasteiger charge is -1.98. The fraction of sp³-hybridized carbons (Fsp3) is 0.500. The average Bonchev–Trinajstić information content (AvgIpc) is 2.63. The van der Waals surface area contributed by atoms with Gasteiger partial charge >= 0.3 is 0 Å². The van der Waals surface area contributed by atoms with Gasteiger partial charge in [-0.05, 0) is 48.1 Å². The van der Waals surface area contributed by atoms with Gasteiger partial charge < -0.3 is 4.74 Å². The second kappa shape index (κ2) is 6.66. The molecular formula is C10H14O2S. The van der Waals surface area contributed by atoms with Crippen LogP contribution in [0.4, 0.5) is 0 Å². The Bertz CT molecular complexity index is 219. The summed E-state index contributed by atoms with van der Waals surface area (Å²) < 4.78 is 4.59. The summed E-state index contributed by atoms with van der Waals surface area (Å²) in [6.07, 6.45) is 4.43. The number of thiophene rings is 1. The molecule has 0 unspecified atom stereocenters. The third kappa shape index (κ3) is 4.68. The van der Waals surface area contributed by atoms with Crippen molar-refractivity contribution in [1.29, 1.82) is 0 Å². The summed E-state index contributed by atoms with van der Waals surface area (Å²) in [5, 5.41) is 4.28. The molecule has 0 atom stereocenters. The molecule has 0 bridgehead atoms. The van der Waals surface area contributed by atoms with Gasteiger partial charge in [0, 0.05) is 0 Å². The average molecular weight is 198 g/mol. The van der Waals surface area contributed by atoms with Gasteiger partial charge in [-0.15, -0.1) is 0 Å². The largest absolute Gasteiger partial charge is 0.468 e. The molecule has 0 saturated heterocycles. The molecule has 13 heavy (non-hydrogen) atoms.